The Labute approximate surface area is 161 Å². The molecule has 0 aromatic heterocycles. The van der Waals surface area contributed by atoms with E-state index in [-0.39, 0.29) is 29.8 Å². The summed E-state index contributed by atoms with van der Waals surface area (Å²) in [5, 5.41) is 7.63. The molecule has 0 aliphatic carbocycles. The lowest BCUT2D eigenvalue weighted by atomic mass is 10.0. The molecule has 7 nitrogen and oxygen atoms in total. The third kappa shape index (κ3) is 4.20. The summed E-state index contributed by atoms with van der Waals surface area (Å²) in [7, 11) is -3.21. The van der Waals surface area contributed by atoms with Crippen molar-refractivity contribution < 1.29 is 18.0 Å². The highest BCUT2D eigenvalue weighted by Gasteiger charge is 2.51. The summed E-state index contributed by atoms with van der Waals surface area (Å²) in [6.07, 6.45) is 1.99. The second-order valence-corrected chi connectivity index (χ2v) is 10.0. The van der Waals surface area contributed by atoms with Crippen LogP contribution in [-0.4, -0.2) is 43.4 Å². The molecular formula is C17H22BrN3O4S. The van der Waals surface area contributed by atoms with Gasteiger partial charge in [-0.15, -0.1) is 0 Å². The number of carbonyl (C=O) groups excluding carboxylic acids is 2. The number of anilines is 1. The number of halogens is 1. The van der Waals surface area contributed by atoms with Crippen LogP contribution in [-0.2, 0) is 14.6 Å². The molecule has 26 heavy (non-hydrogen) atoms. The van der Waals surface area contributed by atoms with Gasteiger partial charge in [-0.1, -0.05) is 12.5 Å². The zero-order valence-corrected chi connectivity index (χ0v) is 16.8. The highest BCUT2D eigenvalue weighted by atomic mass is 79.9. The van der Waals surface area contributed by atoms with Crippen LogP contribution >= 0.6 is 15.9 Å². The summed E-state index contributed by atoms with van der Waals surface area (Å²) in [6.45, 7) is 1.97. The first-order valence-electron chi connectivity index (χ1n) is 8.61. The van der Waals surface area contributed by atoms with Gasteiger partial charge in [-0.2, -0.15) is 0 Å². The number of carbonyl (C=O) groups is 2. The molecular weight excluding hydrogens is 422 g/mol. The van der Waals surface area contributed by atoms with Crippen LogP contribution in [0.2, 0.25) is 0 Å². The maximum absolute atomic E-state index is 12.2. The average molecular weight is 444 g/mol. The predicted molar refractivity (Wildman–Crippen MR) is 103 cm³/mol. The van der Waals surface area contributed by atoms with E-state index in [0.29, 0.717) is 25.7 Å². The highest BCUT2D eigenvalue weighted by Crippen LogP contribution is 2.28. The maximum Gasteiger partial charge on any atom is 0.315 e. The van der Waals surface area contributed by atoms with Crippen LogP contribution in [0.15, 0.2) is 22.7 Å². The number of urea groups is 1. The summed E-state index contributed by atoms with van der Waals surface area (Å²) >= 11 is 3.42. The summed E-state index contributed by atoms with van der Waals surface area (Å²) in [6, 6.07) is 4.71. The number of nitrogens with one attached hydrogen (secondary N) is 3. The van der Waals surface area contributed by atoms with Crippen LogP contribution in [0.25, 0.3) is 0 Å². The molecule has 0 saturated carbocycles. The molecule has 2 fully saturated rings. The molecule has 0 unspecified atom stereocenters. The van der Waals surface area contributed by atoms with Gasteiger partial charge in [0.2, 0.25) is 5.91 Å². The van der Waals surface area contributed by atoms with Gasteiger partial charge in [-0.05, 0) is 53.4 Å². The summed E-state index contributed by atoms with van der Waals surface area (Å²) in [5.74, 6) is -0.110. The van der Waals surface area contributed by atoms with Gasteiger partial charge in [0.05, 0.1) is 28.8 Å². The molecule has 3 rings (SSSR count). The summed E-state index contributed by atoms with van der Waals surface area (Å²) in [5.41, 5.74) is 1.82. The van der Waals surface area contributed by atoms with Crippen LogP contribution < -0.4 is 16.0 Å². The number of rotatable bonds is 6. The van der Waals surface area contributed by atoms with Crippen molar-refractivity contribution in [2.75, 3.05) is 11.1 Å². The van der Waals surface area contributed by atoms with Crippen LogP contribution in [0.4, 0.5) is 10.5 Å². The van der Waals surface area contributed by atoms with Crippen molar-refractivity contribution in [2.24, 2.45) is 0 Å². The van der Waals surface area contributed by atoms with E-state index in [0.717, 1.165) is 15.7 Å². The molecule has 3 N–H and O–H groups in total. The van der Waals surface area contributed by atoms with E-state index in [9.17, 15) is 18.0 Å². The second kappa shape index (κ2) is 7.56. The van der Waals surface area contributed by atoms with Crippen molar-refractivity contribution in [3.05, 3.63) is 28.2 Å². The quantitative estimate of drug-likeness (QED) is 0.462. The van der Waals surface area contributed by atoms with Gasteiger partial charge in [0, 0.05) is 10.9 Å². The van der Waals surface area contributed by atoms with Gasteiger partial charge in [0.15, 0.2) is 9.84 Å². The van der Waals surface area contributed by atoms with Gasteiger partial charge in [0.1, 0.15) is 0 Å². The molecule has 2 aliphatic rings. The standard InChI is InChI=1S/C17H22BrN3O4S/c1-10-6-7-12(11(18)8-10)19-15(22)5-3-2-4-14-16-13(9-26(14,24)25)20-17(23)21-16/h6-8,13-14,16H,2-5,9H2,1H3,(H,19,22)(H2,20,21,23)/t13-,14-,16-/m1/s1. The molecule has 0 spiro atoms. The van der Waals surface area contributed by atoms with Gasteiger partial charge >= 0.3 is 6.03 Å². The SMILES string of the molecule is Cc1ccc(NC(=O)CCCC[C@@H]2[C@@H]3NC(=O)N[C@@H]3CS2(=O)=O)c(Br)c1. The molecule has 9 heteroatoms. The Hall–Kier alpha value is -1.61. The number of aryl methyl sites for hydroxylation is 1. The number of hydrogen-bond donors (Lipinski definition) is 3. The van der Waals surface area contributed by atoms with Crippen LogP contribution in [0.5, 0.6) is 0 Å². The summed E-state index contributed by atoms with van der Waals surface area (Å²) in [4.78, 5) is 23.5. The van der Waals surface area contributed by atoms with E-state index in [2.05, 4.69) is 31.9 Å². The Morgan fingerprint density at radius 3 is 2.81 bits per heavy atom. The van der Waals surface area contributed by atoms with Crippen molar-refractivity contribution in [1.29, 1.82) is 0 Å². The topological polar surface area (TPSA) is 104 Å². The smallest absolute Gasteiger partial charge is 0.315 e. The Morgan fingerprint density at radius 2 is 2.08 bits per heavy atom. The first-order chi connectivity index (χ1) is 12.3. The number of hydrogen-bond acceptors (Lipinski definition) is 4. The Morgan fingerprint density at radius 1 is 1.31 bits per heavy atom. The zero-order valence-electron chi connectivity index (χ0n) is 14.4. The maximum atomic E-state index is 12.2. The minimum atomic E-state index is -3.21. The number of unbranched alkanes of at least 4 members (excludes halogenated alkanes) is 1. The predicted octanol–water partition coefficient (Wildman–Crippen LogP) is 2.10. The fourth-order valence-corrected chi connectivity index (χ4v) is 6.43. The summed E-state index contributed by atoms with van der Waals surface area (Å²) < 4.78 is 25.3. The number of sulfone groups is 1. The lowest BCUT2D eigenvalue weighted by Gasteiger charge is -2.16. The first kappa shape index (κ1) is 19.2. The number of amides is 3. The molecule has 2 heterocycles. The molecule has 1 aromatic carbocycles. The molecule has 2 saturated heterocycles. The van der Waals surface area contributed by atoms with Crippen molar-refractivity contribution >= 4 is 43.4 Å². The van der Waals surface area contributed by atoms with Crippen molar-refractivity contribution in [3.8, 4) is 0 Å². The molecule has 3 atom stereocenters. The van der Waals surface area contributed by atoms with E-state index in [1.165, 1.54) is 0 Å². The number of fused-ring (bicyclic) bond motifs is 1. The fourth-order valence-electron chi connectivity index (χ4n) is 3.57. The monoisotopic (exact) mass is 443 g/mol. The van der Waals surface area contributed by atoms with Crippen LogP contribution in [0.3, 0.4) is 0 Å². The highest BCUT2D eigenvalue weighted by molar-refractivity contribution is 9.10. The van der Waals surface area contributed by atoms with Gasteiger partial charge < -0.3 is 16.0 Å². The molecule has 1 aromatic rings. The van der Waals surface area contributed by atoms with E-state index in [4.69, 9.17) is 0 Å². The lowest BCUT2D eigenvalue weighted by molar-refractivity contribution is -0.116. The van der Waals surface area contributed by atoms with Crippen molar-refractivity contribution in [1.82, 2.24) is 10.6 Å². The minimum absolute atomic E-state index is 0.0109. The van der Waals surface area contributed by atoms with Crippen molar-refractivity contribution in [3.63, 3.8) is 0 Å². The molecule has 2 aliphatic heterocycles. The lowest BCUT2D eigenvalue weighted by Crippen LogP contribution is -2.39. The first-order valence-corrected chi connectivity index (χ1v) is 11.1. The third-order valence-electron chi connectivity index (χ3n) is 4.86. The Kier molecular flexibility index (Phi) is 5.57. The van der Waals surface area contributed by atoms with Gasteiger partial charge in [-0.25, -0.2) is 13.2 Å². The normalized spacial score (nSPS) is 26.1. The Bertz CT molecular complexity index is 827. The largest absolute Gasteiger partial charge is 0.332 e. The number of benzene rings is 1. The van der Waals surface area contributed by atoms with E-state index < -0.39 is 15.1 Å². The fraction of sp³-hybridized carbons (Fsp3) is 0.529. The van der Waals surface area contributed by atoms with E-state index in [1.54, 1.807) is 0 Å². The second-order valence-electron chi connectivity index (χ2n) is 6.90. The molecule has 0 bridgehead atoms. The van der Waals surface area contributed by atoms with E-state index >= 15 is 0 Å². The van der Waals surface area contributed by atoms with E-state index in [1.807, 2.05) is 25.1 Å². The van der Waals surface area contributed by atoms with Crippen molar-refractivity contribution in [2.45, 2.75) is 49.9 Å². The van der Waals surface area contributed by atoms with Crippen LogP contribution in [0.1, 0.15) is 31.2 Å². The Balaban J connectivity index is 1.46. The molecule has 0 radical (unpaired) electrons. The minimum Gasteiger partial charge on any atom is -0.332 e. The van der Waals surface area contributed by atoms with Gasteiger partial charge in [0.25, 0.3) is 0 Å². The third-order valence-corrected chi connectivity index (χ3v) is 7.79. The molecule has 3 amide bonds. The zero-order chi connectivity index (χ0) is 18.9. The van der Waals surface area contributed by atoms with Gasteiger partial charge in [-0.3, -0.25) is 4.79 Å². The molecule has 142 valence electrons. The van der Waals surface area contributed by atoms with Crippen LogP contribution in [0, 0.1) is 6.92 Å². The average Bonchev–Trinajstić information content (AvgIpc) is 2.99.